The van der Waals surface area contributed by atoms with Crippen LogP contribution in [0.25, 0.3) is 0 Å². The topological polar surface area (TPSA) is 59.6 Å². The van der Waals surface area contributed by atoms with Gasteiger partial charge in [0.15, 0.2) is 0 Å². The van der Waals surface area contributed by atoms with Crippen molar-refractivity contribution in [2.75, 3.05) is 20.3 Å². The molecule has 0 aromatic heterocycles. The third-order valence-electron chi connectivity index (χ3n) is 5.13. The number of rotatable bonds is 7. The molecule has 1 heterocycles. The van der Waals surface area contributed by atoms with E-state index in [-0.39, 0.29) is 11.9 Å². The minimum absolute atomic E-state index is 0.0187. The number of fused-ring (bicyclic) bond motifs is 1. The number of ether oxygens (including phenoxy) is 2. The van der Waals surface area contributed by atoms with Crippen LogP contribution in [0.3, 0.4) is 0 Å². The highest BCUT2D eigenvalue weighted by Gasteiger charge is 2.37. The van der Waals surface area contributed by atoms with Crippen molar-refractivity contribution in [3.8, 4) is 5.75 Å². The molecule has 0 spiro atoms. The van der Waals surface area contributed by atoms with Crippen molar-refractivity contribution in [1.29, 1.82) is 0 Å². The van der Waals surface area contributed by atoms with Gasteiger partial charge < -0.3 is 20.1 Å². The predicted molar refractivity (Wildman–Crippen MR) is 92.9 cm³/mol. The maximum atomic E-state index is 12.4. The van der Waals surface area contributed by atoms with Crippen molar-refractivity contribution in [2.45, 2.75) is 50.7 Å². The summed E-state index contributed by atoms with van der Waals surface area (Å²) in [6, 6.07) is 8.38. The Balaban J connectivity index is 1.43. The van der Waals surface area contributed by atoms with Crippen LogP contribution in [0.1, 0.15) is 37.7 Å². The van der Waals surface area contributed by atoms with E-state index in [0.29, 0.717) is 31.7 Å². The van der Waals surface area contributed by atoms with Crippen LogP contribution in [0, 0.1) is 5.92 Å². The van der Waals surface area contributed by atoms with Crippen LogP contribution in [0.5, 0.6) is 5.75 Å². The third kappa shape index (κ3) is 4.48. The SMILES string of the molecule is COCCOc1ccc(CNC(=O)[C@@H]2C[C@H]3CCCC[C@@H]3N2)cc1. The lowest BCUT2D eigenvalue weighted by molar-refractivity contribution is -0.123. The van der Waals surface area contributed by atoms with Crippen molar-refractivity contribution >= 4 is 5.91 Å². The fourth-order valence-corrected chi connectivity index (χ4v) is 3.78. The summed E-state index contributed by atoms with van der Waals surface area (Å²) in [5.41, 5.74) is 1.08. The lowest BCUT2D eigenvalue weighted by atomic mass is 9.85. The van der Waals surface area contributed by atoms with Gasteiger partial charge in [-0.3, -0.25) is 4.79 Å². The van der Waals surface area contributed by atoms with E-state index in [2.05, 4.69) is 10.6 Å². The van der Waals surface area contributed by atoms with Crippen molar-refractivity contribution in [1.82, 2.24) is 10.6 Å². The first kappa shape index (κ1) is 17.2. The van der Waals surface area contributed by atoms with Crippen LogP contribution >= 0.6 is 0 Å². The molecule has 2 aliphatic rings. The van der Waals surface area contributed by atoms with E-state index in [0.717, 1.165) is 17.7 Å². The molecule has 3 rings (SSSR count). The number of carbonyl (C=O) groups excluding carboxylic acids is 1. The lowest BCUT2D eigenvalue weighted by Crippen LogP contribution is -2.42. The van der Waals surface area contributed by atoms with E-state index in [1.165, 1.54) is 25.7 Å². The quantitative estimate of drug-likeness (QED) is 0.752. The molecule has 0 unspecified atom stereocenters. The normalized spacial score (nSPS) is 26.0. The molecule has 3 atom stereocenters. The van der Waals surface area contributed by atoms with Crippen LogP contribution in [-0.4, -0.2) is 38.3 Å². The Morgan fingerprint density at radius 2 is 2.00 bits per heavy atom. The third-order valence-corrected chi connectivity index (χ3v) is 5.13. The summed E-state index contributed by atoms with van der Waals surface area (Å²) in [4.78, 5) is 12.4. The molecule has 0 bridgehead atoms. The summed E-state index contributed by atoms with van der Waals surface area (Å²) in [5, 5.41) is 6.58. The minimum atomic E-state index is -0.0187. The zero-order chi connectivity index (χ0) is 16.8. The highest BCUT2D eigenvalue weighted by Crippen LogP contribution is 2.33. The standard InChI is InChI=1S/C19H28N2O3/c1-23-10-11-24-16-8-6-14(7-9-16)13-20-19(22)18-12-15-4-2-3-5-17(15)21-18/h6-9,15,17-18,21H,2-5,10-13H2,1H3,(H,20,22)/t15-,17+,18+/m1/s1. The van der Waals surface area contributed by atoms with Crippen LogP contribution in [-0.2, 0) is 16.1 Å². The second-order valence-electron chi connectivity index (χ2n) is 6.81. The Labute approximate surface area is 144 Å². The molecule has 5 nitrogen and oxygen atoms in total. The average molecular weight is 332 g/mol. The largest absolute Gasteiger partial charge is 0.491 e. The van der Waals surface area contributed by atoms with Crippen molar-refractivity contribution in [3.63, 3.8) is 0 Å². The van der Waals surface area contributed by atoms with Gasteiger partial charge >= 0.3 is 0 Å². The van der Waals surface area contributed by atoms with E-state index in [9.17, 15) is 4.79 Å². The maximum Gasteiger partial charge on any atom is 0.237 e. The monoisotopic (exact) mass is 332 g/mol. The summed E-state index contributed by atoms with van der Waals surface area (Å²) < 4.78 is 10.5. The Hall–Kier alpha value is -1.59. The molecule has 1 aliphatic carbocycles. The smallest absolute Gasteiger partial charge is 0.237 e. The molecule has 1 aromatic rings. The summed E-state index contributed by atoms with van der Waals surface area (Å²) in [6.07, 6.45) is 6.09. The van der Waals surface area contributed by atoms with Gasteiger partial charge in [-0.05, 0) is 42.9 Å². The number of amides is 1. The first-order chi connectivity index (χ1) is 11.8. The van der Waals surface area contributed by atoms with Crippen LogP contribution in [0.4, 0.5) is 0 Å². The fourth-order valence-electron chi connectivity index (χ4n) is 3.78. The van der Waals surface area contributed by atoms with Gasteiger partial charge in [0.1, 0.15) is 12.4 Å². The number of benzene rings is 1. The number of carbonyl (C=O) groups is 1. The van der Waals surface area contributed by atoms with Crippen LogP contribution in [0.15, 0.2) is 24.3 Å². The molecule has 24 heavy (non-hydrogen) atoms. The van der Waals surface area contributed by atoms with Crippen molar-refractivity contribution < 1.29 is 14.3 Å². The first-order valence-corrected chi connectivity index (χ1v) is 9.00. The molecular weight excluding hydrogens is 304 g/mol. The van der Waals surface area contributed by atoms with Gasteiger partial charge in [-0.15, -0.1) is 0 Å². The maximum absolute atomic E-state index is 12.4. The number of methoxy groups -OCH3 is 1. The minimum Gasteiger partial charge on any atom is -0.491 e. The van der Waals surface area contributed by atoms with Crippen LogP contribution in [0.2, 0.25) is 0 Å². The molecule has 1 aliphatic heterocycles. The molecular formula is C19H28N2O3. The molecule has 2 N–H and O–H groups in total. The second kappa shape index (κ2) is 8.49. The van der Waals surface area contributed by atoms with Gasteiger partial charge in [0, 0.05) is 19.7 Å². The Morgan fingerprint density at radius 3 is 2.75 bits per heavy atom. The van der Waals surface area contributed by atoms with Gasteiger partial charge in [-0.1, -0.05) is 25.0 Å². The zero-order valence-corrected chi connectivity index (χ0v) is 14.4. The zero-order valence-electron chi connectivity index (χ0n) is 14.4. The first-order valence-electron chi connectivity index (χ1n) is 9.00. The average Bonchev–Trinajstić information content (AvgIpc) is 3.05. The molecule has 0 radical (unpaired) electrons. The predicted octanol–water partition coefficient (Wildman–Crippen LogP) is 2.25. The summed E-state index contributed by atoms with van der Waals surface area (Å²) >= 11 is 0. The molecule has 1 aromatic carbocycles. The van der Waals surface area contributed by atoms with Gasteiger partial charge in [0.05, 0.1) is 12.6 Å². The van der Waals surface area contributed by atoms with Gasteiger partial charge in [-0.25, -0.2) is 0 Å². The van der Waals surface area contributed by atoms with Gasteiger partial charge in [0.25, 0.3) is 0 Å². The van der Waals surface area contributed by atoms with Gasteiger partial charge in [-0.2, -0.15) is 0 Å². The number of nitrogens with one attached hydrogen (secondary N) is 2. The Kier molecular flexibility index (Phi) is 6.10. The number of hydrogen-bond acceptors (Lipinski definition) is 4. The number of hydrogen-bond donors (Lipinski definition) is 2. The van der Waals surface area contributed by atoms with E-state index in [1.807, 2.05) is 24.3 Å². The summed E-state index contributed by atoms with van der Waals surface area (Å²) in [6.45, 7) is 1.68. The van der Waals surface area contributed by atoms with Gasteiger partial charge in [0.2, 0.25) is 5.91 Å². The highest BCUT2D eigenvalue weighted by atomic mass is 16.5. The molecule has 5 heteroatoms. The van der Waals surface area contributed by atoms with E-state index < -0.39 is 0 Å². The van der Waals surface area contributed by atoms with Crippen LogP contribution < -0.4 is 15.4 Å². The Morgan fingerprint density at radius 1 is 1.21 bits per heavy atom. The van der Waals surface area contributed by atoms with E-state index in [1.54, 1.807) is 7.11 Å². The molecule has 1 saturated carbocycles. The fraction of sp³-hybridized carbons (Fsp3) is 0.632. The second-order valence-corrected chi connectivity index (χ2v) is 6.81. The highest BCUT2D eigenvalue weighted by molar-refractivity contribution is 5.82. The molecule has 1 amide bonds. The molecule has 132 valence electrons. The Bertz CT molecular complexity index is 518. The van der Waals surface area contributed by atoms with E-state index in [4.69, 9.17) is 9.47 Å². The van der Waals surface area contributed by atoms with Crippen molar-refractivity contribution in [3.05, 3.63) is 29.8 Å². The lowest BCUT2D eigenvalue weighted by Gasteiger charge is -2.24. The molecule has 1 saturated heterocycles. The molecule has 2 fully saturated rings. The summed E-state index contributed by atoms with van der Waals surface area (Å²) in [7, 11) is 1.66. The summed E-state index contributed by atoms with van der Waals surface area (Å²) in [5.74, 6) is 1.64. The van der Waals surface area contributed by atoms with E-state index >= 15 is 0 Å². The van der Waals surface area contributed by atoms with Crippen molar-refractivity contribution in [2.24, 2.45) is 5.92 Å².